The summed E-state index contributed by atoms with van der Waals surface area (Å²) < 4.78 is 0. The second-order valence-electron chi connectivity index (χ2n) is 5.86. The van der Waals surface area contributed by atoms with Gasteiger partial charge in [-0.15, -0.1) is 0 Å². The van der Waals surface area contributed by atoms with E-state index in [1.165, 1.54) is 6.20 Å². The number of carbonyl (C=O) groups excluding carboxylic acids is 1. The van der Waals surface area contributed by atoms with E-state index in [-0.39, 0.29) is 23.8 Å². The Hall–Kier alpha value is -2.96. The van der Waals surface area contributed by atoms with E-state index >= 15 is 0 Å². The third kappa shape index (κ3) is 5.02. The van der Waals surface area contributed by atoms with E-state index < -0.39 is 5.97 Å². The van der Waals surface area contributed by atoms with Crippen molar-refractivity contribution >= 4 is 17.7 Å². The number of carboxylic acids is 1. The SMILES string of the molecule is CCCN(CCC)C(=O)CNc1nc(-c2ccccc2)ncc1C(=O)O. The van der Waals surface area contributed by atoms with Gasteiger partial charge in [0.1, 0.15) is 11.4 Å². The molecule has 2 N–H and O–H groups in total. The van der Waals surface area contributed by atoms with Gasteiger partial charge >= 0.3 is 5.97 Å². The van der Waals surface area contributed by atoms with Crippen LogP contribution in [0.15, 0.2) is 36.5 Å². The molecule has 7 nitrogen and oxygen atoms in total. The highest BCUT2D eigenvalue weighted by molar-refractivity contribution is 5.94. The Bertz CT molecular complexity index is 744. The second kappa shape index (κ2) is 9.50. The number of hydrogen-bond donors (Lipinski definition) is 2. The Morgan fingerprint density at radius 1 is 1.12 bits per heavy atom. The van der Waals surface area contributed by atoms with E-state index in [0.717, 1.165) is 18.4 Å². The minimum absolute atomic E-state index is 0.00841. The van der Waals surface area contributed by atoms with Crippen molar-refractivity contribution in [1.82, 2.24) is 14.9 Å². The number of nitrogens with zero attached hydrogens (tertiary/aromatic N) is 3. The maximum atomic E-state index is 12.4. The van der Waals surface area contributed by atoms with Crippen LogP contribution < -0.4 is 5.32 Å². The molecule has 1 aromatic heterocycles. The van der Waals surface area contributed by atoms with Gasteiger partial charge in [0.2, 0.25) is 5.91 Å². The molecular weight excluding hydrogens is 332 g/mol. The Morgan fingerprint density at radius 2 is 1.77 bits per heavy atom. The van der Waals surface area contributed by atoms with Crippen LogP contribution in [0.5, 0.6) is 0 Å². The van der Waals surface area contributed by atoms with E-state index in [0.29, 0.717) is 18.9 Å². The number of rotatable bonds is 9. The van der Waals surface area contributed by atoms with E-state index in [1.54, 1.807) is 4.90 Å². The minimum atomic E-state index is -1.14. The molecule has 0 bridgehead atoms. The van der Waals surface area contributed by atoms with Gasteiger partial charge < -0.3 is 15.3 Å². The molecule has 0 saturated heterocycles. The van der Waals surface area contributed by atoms with Crippen molar-refractivity contribution < 1.29 is 14.7 Å². The third-order valence-electron chi connectivity index (χ3n) is 3.80. The Kier molecular flexibility index (Phi) is 7.08. The summed E-state index contributed by atoms with van der Waals surface area (Å²) in [7, 11) is 0. The molecule has 0 aliphatic carbocycles. The van der Waals surface area contributed by atoms with Crippen LogP contribution in [0.1, 0.15) is 37.0 Å². The van der Waals surface area contributed by atoms with Gasteiger partial charge in [0, 0.05) is 24.8 Å². The van der Waals surface area contributed by atoms with Gasteiger partial charge in [0.25, 0.3) is 0 Å². The summed E-state index contributed by atoms with van der Waals surface area (Å²) in [6.07, 6.45) is 3.01. The van der Waals surface area contributed by atoms with Crippen LogP contribution in [0.3, 0.4) is 0 Å². The summed E-state index contributed by atoms with van der Waals surface area (Å²) in [5, 5.41) is 12.2. The number of anilines is 1. The molecule has 0 saturated carbocycles. The van der Waals surface area contributed by atoms with Gasteiger partial charge in [0.15, 0.2) is 5.82 Å². The molecule has 0 radical (unpaired) electrons. The number of benzene rings is 1. The zero-order valence-corrected chi connectivity index (χ0v) is 15.1. The topological polar surface area (TPSA) is 95.4 Å². The first kappa shape index (κ1) is 19.4. The molecule has 1 aromatic carbocycles. The lowest BCUT2D eigenvalue weighted by molar-refractivity contribution is -0.129. The number of carboxylic acid groups (broad SMARTS) is 1. The molecule has 1 amide bonds. The minimum Gasteiger partial charge on any atom is -0.477 e. The molecule has 26 heavy (non-hydrogen) atoms. The number of aromatic carboxylic acids is 1. The van der Waals surface area contributed by atoms with Crippen molar-refractivity contribution in [2.24, 2.45) is 0 Å². The maximum absolute atomic E-state index is 12.4. The molecule has 7 heteroatoms. The van der Waals surface area contributed by atoms with Crippen LogP contribution in [-0.4, -0.2) is 51.5 Å². The van der Waals surface area contributed by atoms with E-state index in [1.807, 2.05) is 44.2 Å². The molecule has 0 aliphatic rings. The molecule has 0 aliphatic heterocycles. The molecule has 0 fully saturated rings. The average Bonchev–Trinajstić information content (AvgIpc) is 2.66. The predicted molar refractivity (Wildman–Crippen MR) is 100 cm³/mol. The van der Waals surface area contributed by atoms with Crippen molar-refractivity contribution in [1.29, 1.82) is 0 Å². The van der Waals surface area contributed by atoms with Crippen molar-refractivity contribution in [3.8, 4) is 11.4 Å². The molecule has 2 aromatic rings. The highest BCUT2D eigenvalue weighted by Crippen LogP contribution is 2.19. The van der Waals surface area contributed by atoms with E-state index in [4.69, 9.17) is 0 Å². The second-order valence-corrected chi connectivity index (χ2v) is 5.86. The normalized spacial score (nSPS) is 10.4. The van der Waals surface area contributed by atoms with Crippen LogP contribution in [-0.2, 0) is 4.79 Å². The standard InChI is InChI=1S/C19H24N4O3/c1-3-10-23(11-4-2)16(24)13-21-18-15(19(25)26)12-20-17(22-18)14-8-6-5-7-9-14/h5-9,12H,3-4,10-11,13H2,1-2H3,(H,25,26)(H,20,21,22). The van der Waals surface area contributed by atoms with E-state index in [9.17, 15) is 14.7 Å². The van der Waals surface area contributed by atoms with Crippen LogP contribution >= 0.6 is 0 Å². The summed E-state index contributed by atoms with van der Waals surface area (Å²) in [4.78, 5) is 34.1. The van der Waals surface area contributed by atoms with Crippen molar-refractivity contribution in [3.05, 3.63) is 42.1 Å². The summed E-state index contributed by atoms with van der Waals surface area (Å²) >= 11 is 0. The Labute approximate surface area is 153 Å². The smallest absolute Gasteiger partial charge is 0.341 e. The van der Waals surface area contributed by atoms with Gasteiger partial charge in [-0.05, 0) is 12.8 Å². The van der Waals surface area contributed by atoms with Crippen molar-refractivity contribution in [2.45, 2.75) is 26.7 Å². The summed E-state index contributed by atoms with van der Waals surface area (Å²) in [6, 6.07) is 9.27. The largest absolute Gasteiger partial charge is 0.477 e. The van der Waals surface area contributed by atoms with Crippen LogP contribution in [0.2, 0.25) is 0 Å². The van der Waals surface area contributed by atoms with Gasteiger partial charge in [0.05, 0.1) is 6.54 Å². The number of carbonyl (C=O) groups is 2. The molecule has 2 rings (SSSR count). The Morgan fingerprint density at radius 3 is 2.35 bits per heavy atom. The highest BCUT2D eigenvalue weighted by Gasteiger charge is 2.17. The molecule has 138 valence electrons. The fourth-order valence-electron chi connectivity index (χ4n) is 2.57. The monoisotopic (exact) mass is 356 g/mol. The molecule has 1 heterocycles. The zero-order valence-electron chi connectivity index (χ0n) is 15.1. The first-order valence-corrected chi connectivity index (χ1v) is 8.74. The van der Waals surface area contributed by atoms with Crippen LogP contribution in [0.25, 0.3) is 11.4 Å². The van der Waals surface area contributed by atoms with Crippen LogP contribution in [0.4, 0.5) is 5.82 Å². The average molecular weight is 356 g/mol. The van der Waals surface area contributed by atoms with Gasteiger partial charge in [-0.3, -0.25) is 4.79 Å². The number of nitrogens with one attached hydrogen (secondary N) is 1. The number of hydrogen-bond acceptors (Lipinski definition) is 5. The summed E-state index contributed by atoms with van der Waals surface area (Å²) in [6.45, 7) is 5.38. The lowest BCUT2D eigenvalue weighted by atomic mass is 10.2. The van der Waals surface area contributed by atoms with Gasteiger partial charge in [-0.25, -0.2) is 14.8 Å². The fourth-order valence-corrected chi connectivity index (χ4v) is 2.57. The number of amides is 1. The van der Waals surface area contributed by atoms with E-state index in [2.05, 4.69) is 15.3 Å². The fraction of sp³-hybridized carbons (Fsp3) is 0.368. The Balaban J connectivity index is 2.20. The molecule has 0 spiro atoms. The predicted octanol–water partition coefficient (Wildman–Crippen LogP) is 2.90. The molecule has 0 unspecified atom stereocenters. The molecular formula is C19H24N4O3. The van der Waals surface area contributed by atoms with Gasteiger partial charge in [-0.2, -0.15) is 0 Å². The first-order chi connectivity index (χ1) is 12.6. The van der Waals surface area contributed by atoms with Crippen LogP contribution in [0, 0.1) is 0 Å². The summed E-state index contributed by atoms with van der Waals surface area (Å²) in [5.74, 6) is -0.666. The highest BCUT2D eigenvalue weighted by atomic mass is 16.4. The lowest BCUT2D eigenvalue weighted by Crippen LogP contribution is -2.37. The third-order valence-corrected chi connectivity index (χ3v) is 3.80. The van der Waals surface area contributed by atoms with Crippen molar-refractivity contribution in [2.75, 3.05) is 25.0 Å². The zero-order chi connectivity index (χ0) is 18.9. The summed E-state index contributed by atoms with van der Waals surface area (Å²) in [5.41, 5.74) is 0.715. The lowest BCUT2D eigenvalue weighted by Gasteiger charge is -2.22. The first-order valence-electron chi connectivity index (χ1n) is 8.74. The number of aromatic nitrogens is 2. The quantitative estimate of drug-likeness (QED) is 0.717. The van der Waals surface area contributed by atoms with Crippen molar-refractivity contribution in [3.63, 3.8) is 0 Å². The van der Waals surface area contributed by atoms with Gasteiger partial charge in [-0.1, -0.05) is 44.2 Å². The maximum Gasteiger partial charge on any atom is 0.341 e. The molecule has 0 atom stereocenters.